The summed E-state index contributed by atoms with van der Waals surface area (Å²) in [4.78, 5) is 28.3. The van der Waals surface area contributed by atoms with Crippen molar-refractivity contribution in [2.24, 2.45) is 0 Å². The fourth-order valence-corrected chi connectivity index (χ4v) is 4.77. The fourth-order valence-electron chi connectivity index (χ4n) is 3.40. The largest absolute Gasteiger partial charge is 0.481 e. The lowest BCUT2D eigenvalue weighted by atomic mass is 10.1. The van der Waals surface area contributed by atoms with Crippen LogP contribution in [0.5, 0.6) is 5.75 Å². The van der Waals surface area contributed by atoms with Gasteiger partial charge in [0.25, 0.3) is 5.91 Å². The highest BCUT2D eigenvalue weighted by Crippen LogP contribution is 2.28. The molecule has 0 saturated heterocycles. The molecule has 1 atom stereocenters. The van der Waals surface area contributed by atoms with Gasteiger partial charge in [-0.3, -0.25) is 9.59 Å². The van der Waals surface area contributed by atoms with Crippen LogP contribution in [-0.4, -0.2) is 43.1 Å². The number of hydroxylamine groups is 2. The van der Waals surface area contributed by atoms with Crippen molar-refractivity contribution in [2.45, 2.75) is 43.5 Å². The molecule has 0 fully saturated rings. The van der Waals surface area contributed by atoms with Gasteiger partial charge in [0.2, 0.25) is 10.0 Å². The number of nitrogens with one attached hydrogen (secondary N) is 1. The minimum atomic E-state index is -3.68. The second-order valence-electron chi connectivity index (χ2n) is 7.32. The number of carbonyl (C=O) groups is 2. The van der Waals surface area contributed by atoms with Crippen LogP contribution in [0.2, 0.25) is 5.02 Å². The molecule has 2 aromatic carbocycles. The molecule has 0 aliphatic heterocycles. The first-order valence-electron chi connectivity index (χ1n) is 9.71. The van der Waals surface area contributed by atoms with Crippen molar-refractivity contribution in [3.05, 3.63) is 58.6 Å². The average molecular weight is 467 g/mol. The number of rotatable bonds is 9. The van der Waals surface area contributed by atoms with Crippen molar-refractivity contribution in [3.8, 4) is 5.75 Å². The Kier molecular flexibility index (Phi) is 7.19. The number of carboxylic acids is 1. The SMILES string of the molecule is CC(=O)N(CCCC(=O)O)Oc1ccc2c(c1)CC(NS(=O)(=O)c1ccc(Cl)cc1)C2. The van der Waals surface area contributed by atoms with Gasteiger partial charge < -0.3 is 9.94 Å². The van der Waals surface area contributed by atoms with E-state index in [4.69, 9.17) is 21.5 Å². The number of aliphatic carboxylic acids is 1. The molecule has 1 aliphatic rings. The van der Waals surface area contributed by atoms with Gasteiger partial charge in [0.05, 0.1) is 11.4 Å². The second-order valence-corrected chi connectivity index (χ2v) is 9.47. The highest BCUT2D eigenvalue weighted by molar-refractivity contribution is 7.89. The highest BCUT2D eigenvalue weighted by Gasteiger charge is 2.27. The first-order chi connectivity index (χ1) is 14.6. The van der Waals surface area contributed by atoms with Gasteiger partial charge in [-0.25, -0.2) is 13.1 Å². The summed E-state index contributed by atoms with van der Waals surface area (Å²) in [6.45, 7) is 1.50. The summed E-state index contributed by atoms with van der Waals surface area (Å²) >= 11 is 5.83. The molecule has 31 heavy (non-hydrogen) atoms. The summed E-state index contributed by atoms with van der Waals surface area (Å²) in [6, 6.07) is 11.0. The predicted molar refractivity (Wildman–Crippen MR) is 114 cm³/mol. The number of amides is 1. The fraction of sp³-hybridized carbons (Fsp3) is 0.333. The Balaban J connectivity index is 1.64. The Hall–Kier alpha value is -2.62. The quantitative estimate of drug-likeness (QED) is 0.549. The molecule has 2 N–H and O–H groups in total. The molecule has 0 spiro atoms. The van der Waals surface area contributed by atoms with Gasteiger partial charge in [-0.1, -0.05) is 17.7 Å². The molecule has 166 valence electrons. The molecular weight excluding hydrogens is 444 g/mol. The van der Waals surface area contributed by atoms with Gasteiger partial charge >= 0.3 is 5.97 Å². The molecule has 1 aliphatic carbocycles. The standard InChI is InChI=1S/C21H23ClN2O6S/c1-14(25)24(10-2-3-21(26)27)30-19-7-4-15-11-18(12-16(15)13-19)23-31(28,29)20-8-5-17(22)6-9-20/h4-9,13,18,23H,2-3,10-12H2,1H3,(H,26,27). The molecular formula is C21H23ClN2O6S. The van der Waals surface area contributed by atoms with E-state index in [0.29, 0.717) is 23.6 Å². The number of hydrogen-bond acceptors (Lipinski definition) is 5. The smallest absolute Gasteiger partial charge is 0.303 e. The van der Waals surface area contributed by atoms with Crippen LogP contribution in [0.1, 0.15) is 30.9 Å². The number of carbonyl (C=O) groups excluding carboxylic acids is 1. The molecule has 3 rings (SSSR count). The molecule has 8 nitrogen and oxygen atoms in total. The Morgan fingerprint density at radius 2 is 1.84 bits per heavy atom. The van der Waals surface area contributed by atoms with Crippen LogP contribution in [-0.2, 0) is 32.5 Å². The van der Waals surface area contributed by atoms with Crippen LogP contribution in [0, 0.1) is 0 Å². The number of fused-ring (bicyclic) bond motifs is 1. The Morgan fingerprint density at radius 1 is 1.16 bits per heavy atom. The van der Waals surface area contributed by atoms with Gasteiger partial charge in [0.1, 0.15) is 0 Å². The molecule has 1 unspecified atom stereocenters. The minimum Gasteiger partial charge on any atom is -0.481 e. The normalized spacial score (nSPS) is 15.4. The topological polar surface area (TPSA) is 113 Å². The van der Waals surface area contributed by atoms with Gasteiger partial charge in [0.15, 0.2) is 5.75 Å². The van der Waals surface area contributed by atoms with E-state index in [2.05, 4.69) is 4.72 Å². The maximum Gasteiger partial charge on any atom is 0.303 e. The van der Waals surface area contributed by atoms with E-state index >= 15 is 0 Å². The van der Waals surface area contributed by atoms with Gasteiger partial charge in [0, 0.05) is 24.4 Å². The lowest BCUT2D eigenvalue weighted by molar-refractivity contribution is -0.155. The van der Waals surface area contributed by atoms with E-state index in [1.165, 1.54) is 31.2 Å². The Labute approximate surface area is 185 Å². The number of halogens is 1. The Bertz CT molecular complexity index is 1070. The summed E-state index contributed by atoms with van der Waals surface area (Å²) in [5.41, 5.74) is 1.92. The van der Waals surface area contributed by atoms with Crippen molar-refractivity contribution < 1.29 is 28.0 Å². The van der Waals surface area contributed by atoms with Crippen LogP contribution in [0.3, 0.4) is 0 Å². The summed E-state index contributed by atoms with van der Waals surface area (Å²) in [5.74, 6) is -0.835. The van der Waals surface area contributed by atoms with Gasteiger partial charge in [-0.05, 0) is 66.8 Å². The highest BCUT2D eigenvalue weighted by atomic mass is 35.5. The molecule has 2 aromatic rings. The number of nitrogens with zero attached hydrogens (tertiary/aromatic N) is 1. The van der Waals surface area contributed by atoms with Crippen molar-refractivity contribution in [3.63, 3.8) is 0 Å². The van der Waals surface area contributed by atoms with Crippen LogP contribution in [0.4, 0.5) is 0 Å². The van der Waals surface area contributed by atoms with Gasteiger partial charge in [-0.15, -0.1) is 0 Å². The number of carboxylic acid groups (broad SMARTS) is 1. The zero-order chi connectivity index (χ0) is 22.6. The summed E-state index contributed by atoms with van der Waals surface area (Å²) in [5, 5.41) is 10.3. The van der Waals surface area contributed by atoms with Crippen LogP contribution >= 0.6 is 11.6 Å². The van der Waals surface area contributed by atoms with E-state index in [1.54, 1.807) is 12.1 Å². The van der Waals surface area contributed by atoms with Crippen LogP contribution < -0.4 is 9.56 Å². The third kappa shape index (κ3) is 6.19. The van der Waals surface area contributed by atoms with Crippen molar-refractivity contribution in [1.29, 1.82) is 0 Å². The van der Waals surface area contributed by atoms with Crippen molar-refractivity contribution >= 4 is 33.5 Å². The predicted octanol–water partition coefficient (Wildman–Crippen LogP) is 2.79. The average Bonchev–Trinajstić information content (AvgIpc) is 3.07. The lowest BCUT2D eigenvalue weighted by Crippen LogP contribution is -2.35. The second kappa shape index (κ2) is 9.67. The molecule has 0 aromatic heterocycles. The summed E-state index contributed by atoms with van der Waals surface area (Å²) in [6.07, 6.45) is 1.23. The third-order valence-electron chi connectivity index (χ3n) is 4.87. The van der Waals surface area contributed by atoms with E-state index in [1.807, 2.05) is 6.07 Å². The first-order valence-corrected chi connectivity index (χ1v) is 11.6. The molecule has 1 amide bonds. The van der Waals surface area contributed by atoms with Crippen LogP contribution in [0.15, 0.2) is 47.4 Å². The maximum atomic E-state index is 12.6. The molecule has 0 heterocycles. The van der Waals surface area contributed by atoms with E-state index in [-0.39, 0.29) is 36.2 Å². The summed E-state index contributed by atoms with van der Waals surface area (Å²) < 4.78 is 28.0. The lowest BCUT2D eigenvalue weighted by Gasteiger charge is -2.21. The number of benzene rings is 2. The number of hydrogen-bond donors (Lipinski definition) is 2. The maximum absolute atomic E-state index is 12.6. The number of sulfonamides is 1. The third-order valence-corrected chi connectivity index (χ3v) is 6.66. The molecule has 0 saturated carbocycles. The van der Waals surface area contributed by atoms with Gasteiger partial charge in [-0.2, -0.15) is 5.06 Å². The zero-order valence-electron chi connectivity index (χ0n) is 16.9. The van der Waals surface area contributed by atoms with E-state index in [0.717, 1.165) is 16.2 Å². The van der Waals surface area contributed by atoms with Crippen molar-refractivity contribution in [1.82, 2.24) is 9.79 Å². The van der Waals surface area contributed by atoms with Crippen molar-refractivity contribution in [2.75, 3.05) is 6.54 Å². The first kappa shape index (κ1) is 23.1. The Morgan fingerprint density at radius 3 is 2.48 bits per heavy atom. The van der Waals surface area contributed by atoms with Crippen LogP contribution in [0.25, 0.3) is 0 Å². The zero-order valence-corrected chi connectivity index (χ0v) is 18.4. The monoisotopic (exact) mass is 466 g/mol. The van der Waals surface area contributed by atoms with E-state index < -0.39 is 16.0 Å². The van der Waals surface area contributed by atoms with E-state index in [9.17, 15) is 18.0 Å². The molecule has 0 bridgehead atoms. The molecule has 0 radical (unpaired) electrons. The molecule has 10 heteroatoms. The summed E-state index contributed by atoms with van der Waals surface area (Å²) in [7, 11) is -3.68. The minimum absolute atomic E-state index is 0.0627.